The lowest BCUT2D eigenvalue weighted by Crippen LogP contribution is -2.46. The van der Waals surface area contributed by atoms with Crippen molar-refractivity contribution in [1.82, 2.24) is 5.32 Å². The number of hydrogen-bond acceptors (Lipinski definition) is 7. The molecule has 5 N–H and O–H groups in total. The fourth-order valence-corrected chi connectivity index (χ4v) is 5.04. The van der Waals surface area contributed by atoms with Gasteiger partial charge in [-0.05, 0) is 48.7 Å². The van der Waals surface area contributed by atoms with Gasteiger partial charge in [-0.3, -0.25) is 0 Å². The Morgan fingerprint density at radius 1 is 1.03 bits per heavy atom. The highest BCUT2D eigenvalue weighted by atomic mass is 32.2. The number of halogens is 3. The first kappa shape index (κ1) is 22.5. The standard InChI is InChI=1S/C20H21F3N6O2S/c21-20(22,23)15-6-5-14(16(17(15)32(25,30)31)18-27-11-28-29-18)12-1-3-13(4-2-12)19(24)7-9-26-10-8-19/h1-6,26H,7-11,24H2,(H2,25,30,31). The Kier molecular flexibility index (Phi) is 5.65. The number of aliphatic imine (C=N–C) groups is 1. The second kappa shape index (κ2) is 8.03. The Morgan fingerprint density at radius 3 is 2.22 bits per heavy atom. The van der Waals surface area contributed by atoms with Gasteiger partial charge in [0.15, 0.2) is 12.5 Å². The van der Waals surface area contributed by atoms with E-state index in [0.29, 0.717) is 11.6 Å². The normalized spacial score (nSPS) is 18.6. The summed E-state index contributed by atoms with van der Waals surface area (Å²) >= 11 is 0. The number of nitrogens with two attached hydrogens (primary N) is 2. The second-order valence-electron chi connectivity index (χ2n) is 7.76. The molecule has 32 heavy (non-hydrogen) atoms. The van der Waals surface area contributed by atoms with Gasteiger partial charge in [-0.1, -0.05) is 30.3 Å². The van der Waals surface area contributed by atoms with Crippen molar-refractivity contribution in [3.63, 3.8) is 0 Å². The third kappa shape index (κ3) is 4.18. The number of piperidine rings is 1. The van der Waals surface area contributed by atoms with Crippen LogP contribution in [-0.2, 0) is 21.7 Å². The van der Waals surface area contributed by atoms with E-state index in [1.54, 1.807) is 24.3 Å². The zero-order valence-corrected chi connectivity index (χ0v) is 17.7. The average molecular weight is 466 g/mol. The van der Waals surface area contributed by atoms with Crippen LogP contribution in [0.2, 0.25) is 0 Å². The maximum atomic E-state index is 13.6. The first-order valence-corrected chi connectivity index (χ1v) is 11.4. The third-order valence-electron chi connectivity index (χ3n) is 5.69. The van der Waals surface area contributed by atoms with Crippen LogP contribution in [0.4, 0.5) is 13.2 Å². The van der Waals surface area contributed by atoms with Gasteiger partial charge in [0.05, 0.1) is 5.56 Å². The molecule has 8 nitrogen and oxygen atoms in total. The number of nitrogens with one attached hydrogen (secondary N) is 1. The minimum atomic E-state index is -4.95. The van der Waals surface area contributed by atoms with Crippen molar-refractivity contribution >= 4 is 15.9 Å². The lowest BCUT2D eigenvalue weighted by molar-refractivity contribution is -0.139. The molecule has 170 valence electrons. The van der Waals surface area contributed by atoms with Crippen LogP contribution < -0.4 is 16.2 Å². The molecule has 1 saturated heterocycles. The predicted octanol–water partition coefficient (Wildman–Crippen LogP) is 2.73. The molecule has 0 aliphatic carbocycles. The fraction of sp³-hybridized carbons (Fsp3) is 0.350. The predicted molar refractivity (Wildman–Crippen MR) is 112 cm³/mol. The van der Waals surface area contributed by atoms with Gasteiger partial charge >= 0.3 is 6.18 Å². The molecular weight excluding hydrogens is 445 g/mol. The average Bonchev–Trinajstić information content (AvgIpc) is 3.27. The molecule has 2 heterocycles. The highest BCUT2D eigenvalue weighted by Gasteiger charge is 2.40. The van der Waals surface area contributed by atoms with Crippen molar-refractivity contribution in [2.24, 2.45) is 26.1 Å². The SMILES string of the molecule is NC1(c2ccc(-c3ccc(C(F)(F)F)c(S(N)(=O)=O)c3C3=NCN=N3)cc2)CCNCC1. The van der Waals surface area contributed by atoms with Gasteiger partial charge in [0.2, 0.25) is 10.0 Å². The van der Waals surface area contributed by atoms with Crippen molar-refractivity contribution in [2.75, 3.05) is 19.8 Å². The van der Waals surface area contributed by atoms with E-state index in [4.69, 9.17) is 10.9 Å². The minimum Gasteiger partial charge on any atom is -0.321 e. The third-order valence-corrected chi connectivity index (χ3v) is 6.68. The van der Waals surface area contributed by atoms with Crippen LogP contribution in [0.1, 0.15) is 29.5 Å². The summed E-state index contributed by atoms with van der Waals surface area (Å²) in [5.74, 6) is -0.215. The Balaban J connectivity index is 1.91. The minimum absolute atomic E-state index is 0.113. The first-order valence-electron chi connectivity index (χ1n) is 9.80. The molecule has 2 aliphatic rings. The van der Waals surface area contributed by atoms with Gasteiger partial charge in [-0.15, -0.1) is 5.11 Å². The molecule has 0 bridgehead atoms. The van der Waals surface area contributed by atoms with Crippen molar-refractivity contribution in [3.05, 3.63) is 53.1 Å². The molecule has 0 spiro atoms. The van der Waals surface area contributed by atoms with Crippen LogP contribution in [0, 0.1) is 0 Å². The quantitative estimate of drug-likeness (QED) is 0.638. The number of amidine groups is 1. The molecule has 0 radical (unpaired) electrons. The number of benzene rings is 2. The van der Waals surface area contributed by atoms with Crippen LogP contribution in [0.3, 0.4) is 0 Å². The Hall–Kier alpha value is -2.67. The van der Waals surface area contributed by atoms with Gasteiger partial charge in [0, 0.05) is 11.1 Å². The summed E-state index contributed by atoms with van der Waals surface area (Å²) in [6, 6.07) is 8.89. The van der Waals surface area contributed by atoms with E-state index in [9.17, 15) is 21.6 Å². The molecule has 0 amide bonds. The molecule has 2 aliphatic heterocycles. The maximum absolute atomic E-state index is 13.6. The van der Waals surface area contributed by atoms with Gasteiger partial charge in [0.25, 0.3) is 0 Å². The summed E-state index contributed by atoms with van der Waals surface area (Å²) in [4.78, 5) is 2.89. The number of hydrogen-bond donors (Lipinski definition) is 3. The molecule has 4 rings (SSSR count). The van der Waals surface area contributed by atoms with Crippen LogP contribution in [-0.4, -0.2) is 34.0 Å². The lowest BCUT2D eigenvalue weighted by atomic mass is 9.82. The fourth-order valence-electron chi connectivity index (χ4n) is 4.07. The monoisotopic (exact) mass is 466 g/mol. The second-order valence-corrected chi connectivity index (χ2v) is 9.25. The molecule has 0 saturated carbocycles. The number of primary sulfonamides is 1. The van der Waals surface area contributed by atoms with E-state index in [-0.39, 0.29) is 23.6 Å². The summed E-state index contributed by atoms with van der Waals surface area (Å²) in [6.07, 6.45) is -3.47. The molecule has 0 aromatic heterocycles. The van der Waals surface area contributed by atoms with E-state index in [2.05, 4.69) is 20.5 Å². The van der Waals surface area contributed by atoms with Gasteiger partial charge in [-0.2, -0.15) is 18.3 Å². The number of rotatable bonds is 4. The lowest BCUT2D eigenvalue weighted by Gasteiger charge is -2.34. The Bertz CT molecular complexity index is 1200. The summed E-state index contributed by atoms with van der Waals surface area (Å²) in [5, 5.41) is 15.9. The highest BCUT2D eigenvalue weighted by Crippen LogP contribution is 2.40. The summed E-state index contributed by atoms with van der Waals surface area (Å²) in [6.45, 7) is 1.45. The number of nitrogens with zero attached hydrogens (tertiary/aromatic N) is 3. The van der Waals surface area contributed by atoms with Crippen molar-refractivity contribution in [3.8, 4) is 11.1 Å². The first-order chi connectivity index (χ1) is 15.0. The van der Waals surface area contributed by atoms with E-state index in [1.807, 2.05) is 0 Å². The number of sulfonamides is 1. The smallest absolute Gasteiger partial charge is 0.321 e. The maximum Gasteiger partial charge on any atom is 0.417 e. The van der Waals surface area contributed by atoms with E-state index < -0.39 is 32.2 Å². The van der Waals surface area contributed by atoms with Crippen molar-refractivity contribution in [2.45, 2.75) is 29.5 Å². The molecule has 0 atom stereocenters. The Morgan fingerprint density at radius 2 is 1.69 bits per heavy atom. The molecule has 0 unspecified atom stereocenters. The van der Waals surface area contributed by atoms with Gasteiger partial charge < -0.3 is 11.1 Å². The van der Waals surface area contributed by atoms with Gasteiger partial charge in [0.1, 0.15) is 4.90 Å². The summed E-state index contributed by atoms with van der Waals surface area (Å²) < 4.78 is 65.5. The molecular formula is C20H21F3N6O2S. The Labute approximate surface area is 182 Å². The molecule has 2 aromatic carbocycles. The van der Waals surface area contributed by atoms with E-state index >= 15 is 0 Å². The topological polar surface area (TPSA) is 135 Å². The highest BCUT2D eigenvalue weighted by molar-refractivity contribution is 7.89. The summed E-state index contributed by atoms with van der Waals surface area (Å²) in [5.41, 5.74) is 5.90. The number of alkyl halides is 3. The van der Waals surface area contributed by atoms with Crippen LogP contribution in [0.5, 0.6) is 0 Å². The van der Waals surface area contributed by atoms with Crippen LogP contribution in [0.15, 0.2) is 56.5 Å². The molecule has 2 aromatic rings. The zero-order chi connectivity index (χ0) is 23.1. The van der Waals surface area contributed by atoms with Gasteiger partial charge in [-0.25, -0.2) is 18.5 Å². The molecule has 1 fully saturated rings. The number of azo groups is 1. The van der Waals surface area contributed by atoms with E-state index in [1.165, 1.54) is 6.07 Å². The largest absolute Gasteiger partial charge is 0.417 e. The van der Waals surface area contributed by atoms with Crippen molar-refractivity contribution < 1.29 is 21.6 Å². The zero-order valence-electron chi connectivity index (χ0n) is 16.9. The van der Waals surface area contributed by atoms with E-state index in [0.717, 1.165) is 31.5 Å². The summed E-state index contributed by atoms with van der Waals surface area (Å²) in [7, 11) is -4.78. The van der Waals surface area contributed by atoms with Crippen molar-refractivity contribution in [1.29, 1.82) is 0 Å². The molecule has 12 heteroatoms. The van der Waals surface area contributed by atoms with Crippen LogP contribution in [0.25, 0.3) is 11.1 Å². The van der Waals surface area contributed by atoms with Crippen LogP contribution >= 0.6 is 0 Å².